The van der Waals surface area contributed by atoms with Gasteiger partial charge in [-0.25, -0.2) is 0 Å². The molecule has 0 saturated carbocycles. The van der Waals surface area contributed by atoms with Crippen LogP contribution in [0.1, 0.15) is 23.8 Å². The van der Waals surface area contributed by atoms with Crippen LogP contribution in [0, 0.1) is 25.2 Å². The maximum Gasteiger partial charge on any atom is 0.267 e. The van der Waals surface area contributed by atoms with Gasteiger partial charge < -0.3 is 24.1 Å². The van der Waals surface area contributed by atoms with Crippen molar-refractivity contribution in [3.63, 3.8) is 0 Å². The monoisotopic (exact) mass is 525 g/mol. The first-order valence-corrected chi connectivity index (χ1v) is 11.3. The zero-order valence-electron chi connectivity index (χ0n) is 19.1. The number of carbonyl (C=O) groups excluding carboxylic acids is 1. The molecular weight excluding hydrogens is 502 g/mol. The number of hydrogen-bond acceptors (Lipinski definition) is 7. The smallest absolute Gasteiger partial charge is 0.267 e. The summed E-state index contributed by atoms with van der Waals surface area (Å²) in [7, 11) is 0. The van der Waals surface area contributed by atoms with Crippen LogP contribution in [0.2, 0.25) is 0 Å². The van der Waals surface area contributed by atoms with E-state index in [-0.39, 0.29) is 11.4 Å². The second kappa shape index (κ2) is 11.9. The molecule has 8 nitrogen and oxygen atoms in total. The molecule has 1 N–H and O–H groups in total. The predicted molar refractivity (Wildman–Crippen MR) is 131 cm³/mol. The summed E-state index contributed by atoms with van der Waals surface area (Å²) in [6.45, 7) is 6.62. The van der Waals surface area contributed by atoms with Gasteiger partial charge in [-0.15, -0.1) is 0 Å². The Balaban J connectivity index is 1.72. The number of carbonyl (C=O) groups is 1. The van der Waals surface area contributed by atoms with E-state index in [0.717, 1.165) is 11.3 Å². The minimum Gasteiger partial charge on any atom is -0.490 e. The van der Waals surface area contributed by atoms with Gasteiger partial charge in [-0.3, -0.25) is 4.79 Å². The molecule has 0 fully saturated rings. The van der Waals surface area contributed by atoms with E-state index in [0.29, 0.717) is 47.1 Å². The highest BCUT2D eigenvalue weighted by Gasteiger charge is 2.15. The van der Waals surface area contributed by atoms with E-state index < -0.39 is 5.91 Å². The van der Waals surface area contributed by atoms with Crippen LogP contribution in [0.4, 0.5) is 5.82 Å². The van der Waals surface area contributed by atoms with Crippen molar-refractivity contribution in [3.05, 3.63) is 69.4 Å². The average Bonchev–Trinajstić information content (AvgIpc) is 3.21. The van der Waals surface area contributed by atoms with Gasteiger partial charge in [0.1, 0.15) is 36.4 Å². The summed E-state index contributed by atoms with van der Waals surface area (Å²) in [5, 5.41) is 15.7. The highest BCUT2D eigenvalue weighted by atomic mass is 79.9. The molecule has 0 atom stereocenters. The van der Waals surface area contributed by atoms with Crippen molar-refractivity contribution in [1.82, 2.24) is 5.16 Å². The van der Waals surface area contributed by atoms with E-state index in [4.69, 9.17) is 18.7 Å². The zero-order chi connectivity index (χ0) is 24.5. The van der Waals surface area contributed by atoms with Crippen molar-refractivity contribution >= 4 is 33.7 Å². The number of anilines is 1. The molecule has 1 aromatic heterocycles. The van der Waals surface area contributed by atoms with Gasteiger partial charge in [0, 0.05) is 6.07 Å². The van der Waals surface area contributed by atoms with Crippen LogP contribution in [0.3, 0.4) is 0 Å². The van der Waals surface area contributed by atoms with Crippen molar-refractivity contribution in [1.29, 1.82) is 5.26 Å². The van der Waals surface area contributed by atoms with Crippen LogP contribution in [-0.4, -0.2) is 30.9 Å². The van der Waals surface area contributed by atoms with E-state index >= 15 is 0 Å². The Hall–Kier alpha value is -3.77. The lowest BCUT2D eigenvalue weighted by Gasteiger charge is -2.15. The molecule has 3 aromatic rings. The molecule has 1 heterocycles. The topological polar surface area (TPSA) is 107 Å². The van der Waals surface area contributed by atoms with E-state index in [1.54, 1.807) is 25.1 Å². The maximum absolute atomic E-state index is 12.5. The zero-order valence-corrected chi connectivity index (χ0v) is 20.6. The Morgan fingerprint density at radius 2 is 1.97 bits per heavy atom. The number of aryl methyl sites for hydroxylation is 2. The maximum atomic E-state index is 12.5. The fourth-order valence-electron chi connectivity index (χ4n) is 3.01. The Labute approximate surface area is 206 Å². The van der Waals surface area contributed by atoms with Gasteiger partial charge in [-0.2, -0.15) is 5.26 Å². The Morgan fingerprint density at radius 1 is 1.18 bits per heavy atom. The Bertz CT molecular complexity index is 1230. The minimum atomic E-state index is -0.599. The van der Waals surface area contributed by atoms with Crippen LogP contribution in [0.5, 0.6) is 17.2 Å². The number of ether oxygens (including phenoxy) is 3. The number of amides is 1. The Morgan fingerprint density at radius 3 is 2.65 bits per heavy atom. The molecule has 1 amide bonds. The molecule has 0 unspecified atom stereocenters. The largest absolute Gasteiger partial charge is 0.490 e. The number of nitrogens with zero attached hydrogens (tertiary/aromatic N) is 2. The normalized spacial score (nSPS) is 11.0. The van der Waals surface area contributed by atoms with Gasteiger partial charge in [-0.05, 0) is 78.2 Å². The molecule has 0 radical (unpaired) electrons. The van der Waals surface area contributed by atoms with Crippen LogP contribution >= 0.6 is 15.9 Å². The second-order valence-electron chi connectivity index (χ2n) is 7.22. The lowest BCUT2D eigenvalue weighted by molar-refractivity contribution is -0.112. The van der Waals surface area contributed by atoms with Crippen LogP contribution in [0.15, 0.2) is 57.0 Å². The third-order valence-corrected chi connectivity index (χ3v) is 5.05. The van der Waals surface area contributed by atoms with Crippen LogP contribution < -0.4 is 19.5 Å². The predicted octanol–water partition coefficient (Wildman–Crippen LogP) is 5.46. The summed E-state index contributed by atoms with van der Waals surface area (Å²) in [5.41, 5.74) is 1.60. The van der Waals surface area contributed by atoms with E-state index in [9.17, 15) is 10.1 Å². The van der Waals surface area contributed by atoms with Crippen molar-refractivity contribution in [2.45, 2.75) is 20.8 Å². The molecule has 0 aliphatic heterocycles. The molecule has 2 aromatic carbocycles. The van der Waals surface area contributed by atoms with E-state index in [1.165, 1.54) is 6.08 Å². The van der Waals surface area contributed by atoms with Crippen molar-refractivity contribution in [2.24, 2.45) is 0 Å². The summed E-state index contributed by atoms with van der Waals surface area (Å²) in [4.78, 5) is 12.5. The quantitative estimate of drug-likeness (QED) is 0.213. The third kappa shape index (κ3) is 6.86. The van der Waals surface area contributed by atoms with Gasteiger partial charge >= 0.3 is 0 Å². The number of aromatic nitrogens is 1. The molecule has 0 aliphatic carbocycles. The lowest BCUT2D eigenvalue weighted by Crippen LogP contribution is -2.13. The third-order valence-electron chi connectivity index (χ3n) is 4.47. The SMILES string of the molecule is CCOc1cc(C=C(C#N)C(=O)Nc2cc(C)on2)cc(Br)c1OCCOc1cccc(C)c1. The fourth-order valence-corrected chi connectivity index (χ4v) is 3.58. The minimum absolute atomic E-state index is 0.102. The van der Waals surface area contributed by atoms with Crippen LogP contribution in [0.25, 0.3) is 6.08 Å². The lowest BCUT2D eigenvalue weighted by atomic mass is 10.1. The van der Waals surface area contributed by atoms with Crippen molar-refractivity contribution in [2.75, 3.05) is 25.1 Å². The molecule has 0 saturated heterocycles. The number of hydrogen-bond donors (Lipinski definition) is 1. The molecule has 34 heavy (non-hydrogen) atoms. The number of nitrogens with one attached hydrogen (secondary N) is 1. The molecule has 9 heteroatoms. The molecule has 176 valence electrons. The Kier molecular flexibility index (Phi) is 8.71. The van der Waals surface area contributed by atoms with E-state index in [2.05, 4.69) is 26.4 Å². The molecule has 0 aliphatic rings. The second-order valence-corrected chi connectivity index (χ2v) is 8.08. The fraction of sp³-hybridized carbons (Fsp3) is 0.240. The first-order valence-electron chi connectivity index (χ1n) is 10.5. The number of halogens is 1. The highest BCUT2D eigenvalue weighted by molar-refractivity contribution is 9.10. The van der Waals surface area contributed by atoms with Crippen LogP contribution in [-0.2, 0) is 4.79 Å². The van der Waals surface area contributed by atoms with E-state index in [1.807, 2.05) is 44.2 Å². The van der Waals surface area contributed by atoms with Crippen molar-refractivity contribution in [3.8, 4) is 23.3 Å². The summed E-state index contributed by atoms with van der Waals surface area (Å²) in [6, 6.07) is 14.7. The van der Waals surface area contributed by atoms with Gasteiger partial charge in [0.2, 0.25) is 0 Å². The molecular formula is C25H24BrN3O5. The summed E-state index contributed by atoms with van der Waals surface area (Å²) in [6.07, 6.45) is 1.46. The average molecular weight is 526 g/mol. The van der Waals surface area contributed by atoms with Gasteiger partial charge in [0.05, 0.1) is 11.1 Å². The molecule has 0 bridgehead atoms. The first-order chi connectivity index (χ1) is 16.4. The number of nitriles is 1. The number of benzene rings is 2. The highest BCUT2D eigenvalue weighted by Crippen LogP contribution is 2.37. The van der Waals surface area contributed by atoms with Gasteiger partial charge in [0.15, 0.2) is 17.3 Å². The van der Waals surface area contributed by atoms with Gasteiger partial charge in [-0.1, -0.05) is 17.3 Å². The van der Waals surface area contributed by atoms with Gasteiger partial charge in [0.25, 0.3) is 5.91 Å². The number of rotatable bonds is 10. The molecule has 3 rings (SSSR count). The van der Waals surface area contributed by atoms with Crippen molar-refractivity contribution < 1.29 is 23.5 Å². The first kappa shape index (κ1) is 24.9. The standard InChI is InChI=1S/C25H24BrN3O5/c1-4-31-22-14-18(12-19(15-27)25(30)28-23-11-17(3)34-29-23)13-21(26)24(22)33-9-8-32-20-7-5-6-16(2)10-20/h5-7,10-14H,4,8-9H2,1-3H3,(H,28,29,30). The summed E-state index contributed by atoms with van der Waals surface area (Å²) in [5.74, 6) is 1.94. The summed E-state index contributed by atoms with van der Waals surface area (Å²) >= 11 is 3.50. The summed E-state index contributed by atoms with van der Waals surface area (Å²) < 4.78 is 22.9. The molecule has 0 spiro atoms.